The molecular weight excluding hydrogens is 138 g/mol. The standard InChI is InChI=1S/C9H15NO/c1-7-4-3-5-8(2)9(7)10-6-11/h7-9H,3-5H2,1-2H3/t7-,8+,9?. The largest absolute Gasteiger partial charge is 0.235 e. The van der Waals surface area contributed by atoms with Crippen LogP contribution in [0.2, 0.25) is 0 Å². The van der Waals surface area contributed by atoms with E-state index >= 15 is 0 Å². The van der Waals surface area contributed by atoms with Gasteiger partial charge in [0, 0.05) is 0 Å². The van der Waals surface area contributed by atoms with Crippen LogP contribution in [0.25, 0.3) is 0 Å². The summed E-state index contributed by atoms with van der Waals surface area (Å²) in [6, 6.07) is 0.237. The van der Waals surface area contributed by atoms with Crippen molar-refractivity contribution in [2.45, 2.75) is 39.2 Å². The molecule has 11 heavy (non-hydrogen) atoms. The van der Waals surface area contributed by atoms with E-state index in [1.54, 1.807) is 6.08 Å². The Labute approximate surface area is 67.7 Å². The Bertz CT molecular complexity index is 162. The fourth-order valence-corrected chi connectivity index (χ4v) is 1.98. The molecule has 0 saturated heterocycles. The van der Waals surface area contributed by atoms with Gasteiger partial charge in [0.2, 0.25) is 6.08 Å². The molecule has 0 heterocycles. The first kappa shape index (κ1) is 8.48. The summed E-state index contributed by atoms with van der Waals surface area (Å²) in [6.07, 6.45) is 5.38. The second kappa shape index (κ2) is 3.68. The average molecular weight is 153 g/mol. The maximum atomic E-state index is 10.1. The number of aliphatic imine (C=N–C) groups is 1. The van der Waals surface area contributed by atoms with Crippen LogP contribution in [0.5, 0.6) is 0 Å². The summed E-state index contributed by atoms with van der Waals surface area (Å²) in [5.74, 6) is 1.14. The zero-order chi connectivity index (χ0) is 8.27. The van der Waals surface area contributed by atoms with Gasteiger partial charge in [0.25, 0.3) is 0 Å². The minimum Gasteiger partial charge on any atom is -0.211 e. The van der Waals surface area contributed by atoms with Crippen molar-refractivity contribution in [2.75, 3.05) is 0 Å². The number of isocyanates is 1. The molecule has 0 aromatic rings. The van der Waals surface area contributed by atoms with E-state index < -0.39 is 0 Å². The van der Waals surface area contributed by atoms with Crippen molar-refractivity contribution >= 4 is 6.08 Å². The summed E-state index contributed by atoms with van der Waals surface area (Å²) in [5, 5.41) is 0. The van der Waals surface area contributed by atoms with E-state index in [0.29, 0.717) is 11.8 Å². The summed E-state index contributed by atoms with van der Waals surface area (Å²) >= 11 is 0. The SMILES string of the molecule is C[C@@H]1CCC[C@H](C)C1N=C=O. The molecule has 2 heteroatoms. The van der Waals surface area contributed by atoms with Crippen molar-refractivity contribution in [1.29, 1.82) is 0 Å². The minimum atomic E-state index is 0.237. The predicted molar refractivity (Wildman–Crippen MR) is 44.1 cm³/mol. The maximum absolute atomic E-state index is 10.1. The van der Waals surface area contributed by atoms with Gasteiger partial charge < -0.3 is 0 Å². The number of hydrogen-bond acceptors (Lipinski definition) is 2. The molecule has 0 bridgehead atoms. The summed E-state index contributed by atoms with van der Waals surface area (Å²) in [5.41, 5.74) is 0. The van der Waals surface area contributed by atoms with Crippen LogP contribution in [0.4, 0.5) is 0 Å². The van der Waals surface area contributed by atoms with Crippen molar-refractivity contribution in [3.63, 3.8) is 0 Å². The van der Waals surface area contributed by atoms with Crippen LogP contribution in [-0.2, 0) is 4.79 Å². The quantitative estimate of drug-likeness (QED) is 0.419. The van der Waals surface area contributed by atoms with Crippen LogP contribution in [0, 0.1) is 11.8 Å². The van der Waals surface area contributed by atoms with Gasteiger partial charge in [-0.25, -0.2) is 9.79 Å². The van der Waals surface area contributed by atoms with Crippen molar-refractivity contribution in [2.24, 2.45) is 16.8 Å². The van der Waals surface area contributed by atoms with Gasteiger partial charge in [-0.05, 0) is 24.7 Å². The molecule has 0 aromatic heterocycles. The van der Waals surface area contributed by atoms with Crippen LogP contribution in [0.3, 0.4) is 0 Å². The molecule has 3 atom stereocenters. The third-order valence-corrected chi connectivity index (χ3v) is 2.69. The van der Waals surface area contributed by atoms with Gasteiger partial charge in [0.15, 0.2) is 0 Å². The lowest BCUT2D eigenvalue weighted by Gasteiger charge is -2.30. The van der Waals surface area contributed by atoms with Crippen LogP contribution in [0.1, 0.15) is 33.1 Å². The Hall–Kier alpha value is -0.620. The first-order valence-corrected chi connectivity index (χ1v) is 4.32. The monoisotopic (exact) mass is 153 g/mol. The number of hydrogen-bond donors (Lipinski definition) is 0. The second-order valence-electron chi connectivity index (χ2n) is 3.60. The molecule has 0 amide bonds. The minimum absolute atomic E-state index is 0.237. The molecule has 1 fully saturated rings. The summed E-state index contributed by atoms with van der Waals surface area (Å²) in [4.78, 5) is 13.9. The number of nitrogens with zero attached hydrogens (tertiary/aromatic N) is 1. The van der Waals surface area contributed by atoms with Gasteiger partial charge in [0.1, 0.15) is 0 Å². The lowest BCUT2D eigenvalue weighted by Crippen LogP contribution is -2.28. The molecule has 2 nitrogen and oxygen atoms in total. The Kier molecular flexibility index (Phi) is 2.84. The molecule has 1 rings (SSSR count). The van der Waals surface area contributed by atoms with E-state index in [0.717, 1.165) is 0 Å². The summed E-state index contributed by atoms with van der Waals surface area (Å²) in [7, 11) is 0. The van der Waals surface area contributed by atoms with Crippen molar-refractivity contribution in [3.05, 3.63) is 0 Å². The molecule has 1 saturated carbocycles. The van der Waals surface area contributed by atoms with Gasteiger partial charge in [-0.3, -0.25) is 0 Å². The van der Waals surface area contributed by atoms with Crippen molar-refractivity contribution in [3.8, 4) is 0 Å². The van der Waals surface area contributed by atoms with E-state index in [2.05, 4.69) is 18.8 Å². The van der Waals surface area contributed by atoms with E-state index in [1.165, 1.54) is 19.3 Å². The molecule has 1 aliphatic carbocycles. The van der Waals surface area contributed by atoms with Crippen LogP contribution >= 0.6 is 0 Å². The Balaban J connectivity index is 2.62. The lowest BCUT2D eigenvalue weighted by molar-refractivity contribution is 0.252. The van der Waals surface area contributed by atoms with E-state index in [-0.39, 0.29) is 6.04 Å². The van der Waals surface area contributed by atoms with Crippen molar-refractivity contribution in [1.82, 2.24) is 0 Å². The smallest absolute Gasteiger partial charge is 0.211 e. The predicted octanol–water partition coefficient (Wildman–Crippen LogP) is 2.15. The fourth-order valence-electron chi connectivity index (χ4n) is 1.98. The van der Waals surface area contributed by atoms with Gasteiger partial charge in [-0.15, -0.1) is 0 Å². The Morgan fingerprint density at radius 3 is 2.27 bits per heavy atom. The Morgan fingerprint density at radius 1 is 1.27 bits per heavy atom. The molecular formula is C9H15NO. The summed E-state index contributed by atoms with van der Waals surface area (Å²) < 4.78 is 0. The first-order valence-electron chi connectivity index (χ1n) is 4.32. The molecule has 0 radical (unpaired) electrons. The molecule has 1 aliphatic rings. The molecule has 62 valence electrons. The van der Waals surface area contributed by atoms with E-state index in [9.17, 15) is 4.79 Å². The molecule has 0 aromatic carbocycles. The lowest BCUT2D eigenvalue weighted by atomic mass is 9.79. The zero-order valence-electron chi connectivity index (χ0n) is 7.21. The van der Waals surface area contributed by atoms with Crippen molar-refractivity contribution < 1.29 is 4.79 Å². The van der Waals surface area contributed by atoms with E-state index in [1.807, 2.05) is 0 Å². The molecule has 0 spiro atoms. The number of rotatable bonds is 1. The van der Waals surface area contributed by atoms with Gasteiger partial charge in [-0.1, -0.05) is 20.3 Å². The average Bonchev–Trinajstić information content (AvgIpc) is 1.97. The topological polar surface area (TPSA) is 29.4 Å². The van der Waals surface area contributed by atoms with Crippen LogP contribution < -0.4 is 0 Å². The van der Waals surface area contributed by atoms with E-state index in [4.69, 9.17) is 0 Å². The summed E-state index contributed by atoms with van der Waals surface area (Å²) in [6.45, 7) is 4.34. The molecule has 0 N–H and O–H groups in total. The number of carbonyl (C=O) groups excluding carboxylic acids is 1. The Morgan fingerprint density at radius 2 is 1.82 bits per heavy atom. The highest BCUT2D eigenvalue weighted by Crippen LogP contribution is 2.30. The third-order valence-electron chi connectivity index (χ3n) is 2.69. The zero-order valence-corrected chi connectivity index (χ0v) is 7.21. The first-order chi connectivity index (χ1) is 5.25. The highest BCUT2D eigenvalue weighted by atomic mass is 16.1. The second-order valence-corrected chi connectivity index (χ2v) is 3.60. The van der Waals surface area contributed by atoms with Crippen LogP contribution in [-0.4, -0.2) is 12.1 Å². The van der Waals surface area contributed by atoms with Gasteiger partial charge in [0.05, 0.1) is 6.04 Å². The third kappa shape index (κ3) is 1.90. The van der Waals surface area contributed by atoms with Gasteiger partial charge >= 0.3 is 0 Å². The molecule has 1 unspecified atom stereocenters. The highest BCUT2D eigenvalue weighted by Gasteiger charge is 2.26. The highest BCUT2D eigenvalue weighted by molar-refractivity contribution is 5.33. The fraction of sp³-hybridized carbons (Fsp3) is 0.889. The maximum Gasteiger partial charge on any atom is 0.235 e. The molecule has 0 aliphatic heterocycles. The normalized spacial score (nSPS) is 37.8. The van der Waals surface area contributed by atoms with Crippen LogP contribution in [0.15, 0.2) is 4.99 Å². The van der Waals surface area contributed by atoms with Gasteiger partial charge in [-0.2, -0.15) is 0 Å².